The zero-order chi connectivity index (χ0) is 31.5. The minimum Gasteiger partial charge on any atom is -0.228 e. The van der Waals surface area contributed by atoms with Crippen LogP contribution in [0.5, 0.6) is 0 Å². The Balaban J connectivity index is 1.23. The van der Waals surface area contributed by atoms with Gasteiger partial charge < -0.3 is 0 Å². The van der Waals surface area contributed by atoms with Crippen molar-refractivity contribution in [2.75, 3.05) is 0 Å². The molecule has 0 saturated carbocycles. The normalized spacial score (nSPS) is 13.1. The molecule has 0 spiro atoms. The lowest BCUT2D eigenvalue weighted by molar-refractivity contribution is 0.661. The van der Waals surface area contributed by atoms with Gasteiger partial charge >= 0.3 is 0 Å². The molecule has 7 aromatic carbocycles. The first kappa shape index (κ1) is 27.5. The standard InChI is InChI=1S/C45H32N2/c1-45(2)40-19-10-9-18-36(40)39-27-38-33(26-41(39)45)22-20-30-21-23-35(25-37(30)38)43-28-42(46-44(47-43)31-14-7-4-8-15-31)34-17-11-16-32(24-34)29-12-5-3-6-13-29/h3-28H,1-2H3. The molecule has 0 saturated heterocycles. The van der Waals surface area contributed by atoms with Crippen molar-refractivity contribution in [3.05, 3.63) is 169 Å². The Morgan fingerprint density at radius 3 is 1.77 bits per heavy atom. The highest BCUT2D eigenvalue weighted by molar-refractivity contribution is 6.11. The summed E-state index contributed by atoms with van der Waals surface area (Å²) in [4.78, 5) is 10.3. The van der Waals surface area contributed by atoms with Gasteiger partial charge in [0, 0.05) is 22.1 Å². The van der Waals surface area contributed by atoms with Crippen molar-refractivity contribution < 1.29 is 0 Å². The van der Waals surface area contributed by atoms with Gasteiger partial charge in [-0.2, -0.15) is 0 Å². The topological polar surface area (TPSA) is 25.8 Å². The Kier molecular flexibility index (Phi) is 6.20. The average Bonchev–Trinajstić information content (AvgIpc) is 3.36. The highest BCUT2D eigenvalue weighted by Gasteiger charge is 2.35. The monoisotopic (exact) mass is 600 g/mol. The zero-order valence-electron chi connectivity index (χ0n) is 26.4. The number of aromatic nitrogens is 2. The lowest BCUT2D eigenvalue weighted by atomic mass is 9.81. The molecule has 0 fully saturated rings. The van der Waals surface area contributed by atoms with Crippen LogP contribution in [0.4, 0.5) is 0 Å². The summed E-state index contributed by atoms with van der Waals surface area (Å²) in [6, 6.07) is 56.5. The van der Waals surface area contributed by atoms with Gasteiger partial charge in [-0.3, -0.25) is 0 Å². The molecule has 8 aromatic rings. The molecular formula is C45H32N2. The lowest BCUT2D eigenvalue weighted by Crippen LogP contribution is -2.14. The molecule has 1 aromatic heterocycles. The molecule has 1 aliphatic carbocycles. The second-order valence-corrected chi connectivity index (χ2v) is 13.1. The third kappa shape index (κ3) is 4.56. The van der Waals surface area contributed by atoms with E-state index in [2.05, 4.69) is 153 Å². The van der Waals surface area contributed by atoms with Crippen molar-refractivity contribution >= 4 is 21.5 Å². The predicted octanol–water partition coefficient (Wildman–Crippen LogP) is 11.8. The van der Waals surface area contributed by atoms with Crippen molar-refractivity contribution in [3.63, 3.8) is 0 Å². The Hall–Kier alpha value is -5.86. The van der Waals surface area contributed by atoms with E-state index < -0.39 is 0 Å². The number of fused-ring (bicyclic) bond motifs is 6. The fraction of sp³-hybridized carbons (Fsp3) is 0.0667. The van der Waals surface area contributed by atoms with Crippen LogP contribution in [0.3, 0.4) is 0 Å². The van der Waals surface area contributed by atoms with Crippen LogP contribution in [-0.2, 0) is 5.41 Å². The lowest BCUT2D eigenvalue weighted by Gasteiger charge is -2.21. The molecule has 47 heavy (non-hydrogen) atoms. The Morgan fingerprint density at radius 2 is 0.979 bits per heavy atom. The van der Waals surface area contributed by atoms with Crippen molar-refractivity contribution in [2.24, 2.45) is 0 Å². The summed E-state index contributed by atoms with van der Waals surface area (Å²) in [5, 5.41) is 4.99. The molecule has 0 bridgehead atoms. The van der Waals surface area contributed by atoms with Gasteiger partial charge in [0.25, 0.3) is 0 Å². The second-order valence-electron chi connectivity index (χ2n) is 13.1. The van der Waals surface area contributed by atoms with Crippen molar-refractivity contribution in [2.45, 2.75) is 19.3 Å². The molecule has 0 N–H and O–H groups in total. The minimum atomic E-state index is -0.0278. The van der Waals surface area contributed by atoms with Gasteiger partial charge in [-0.15, -0.1) is 0 Å². The van der Waals surface area contributed by atoms with Gasteiger partial charge in [-0.1, -0.05) is 141 Å². The average molecular weight is 601 g/mol. The molecule has 9 rings (SSSR count). The fourth-order valence-corrected chi connectivity index (χ4v) is 7.36. The summed E-state index contributed by atoms with van der Waals surface area (Å²) in [5.74, 6) is 0.720. The van der Waals surface area contributed by atoms with E-state index in [9.17, 15) is 0 Å². The Labute approximate surface area is 275 Å². The van der Waals surface area contributed by atoms with E-state index in [-0.39, 0.29) is 5.41 Å². The molecule has 0 atom stereocenters. The third-order valence-electron chi connectivity index (χ3n) is 9.86. The van der Waals surface area contributed by atoms with Crippen LogP contribution in [0.25, 0.3) is 77.7 Å². The van der Waals surface area contributed by atoms with E-state index in [1.165, 1.54) is 54.9 Å². The van der Waals surface area contributed by atoms with Gasteiger partial charge in [0.05, 0.1) is 11.4 Å². The number of nitrogens with zero attached hydrogens (tertiary/aromatic N) is 2. The third-order valence-corrected chi connectivity index (χ3v) is 9.86. The molecule has 0 aliphatic heterocycles. The van der Waals surface area contributed by atoms with Gasteiger partial charge in [0.2, 0.25) is 0 Å². The summed E-state index contributed by atoms with van der Waals surface area (Å²) in [6.45, 7) is 4.68. The largest absolute Gasteiger partial charge is 0.228 e. The fourth-order valence-electron chi connectivity index (χ4n) is 7.36. The van der Waals surface area contributed by atoms with E-state index in [1.807, 2.05) is 18.2 Å². The second kappa shape index (κ2) is 10.6. The van der Waals surface area contributed by atoms with Crippen LogP contribution < -0.4 is 0 Å². The van der Waals surface area contributed by atoms with Crippen molar-refractivity contribution in [1.29, 1.82) is 0 Å². The van der Waals surface area contributed by atoms with Crippen molar-refractivity contribution in [3.8, 4) is 56.2 Å². The number of benzene rings is 7. The van der Waals surface area contributed by atoms with E-state index in [0.29, 0.717) is 0 Å². The van der Waals surface area contributed by atoms with Crippen LogP contribution in [0, 0.1) is 0 Å². The predicted molar refractivity (Wildman–Crippen MR) is 196 cm³/mol. The molecule has 0 amide bonds. The smallest absolute Gasteiger partial charge is 0.160 e. The summed E-state index contributed by atoms with van der Waals surface area (Å²) in [7, 11) is 0. The van der Waals surface area contributed by atoms with Crippen molar-refractivity contribution in [1.82, 2.24) is 9.97 Å². The van der Waals surface area contributed by atoms with Crippen LogP contribution >= 0.6 is 0 Å². The molecule has 0 radical (unpaired) electrons. The van der Waals surface area contributed by atoms with Gasteiger partial charge in [-0.05, 0) is 85.3 Å². The summed E-state index contributed by atoms with van der Waals surface area (Å²) in [5.41, 5.74) is 12.7. The van der Waals surface area contributed by atoms with E-state index >= 15 is 0 Å². The number of hydrogen-bond acceptors (Lipinski definition) is 2. The maximum Gasteiger partial charge on any atom is 0.160 e. The van der Waals surface area contributed by atoms with E-state index in [0.717, 1.165) is 33.9 Å². The van der Waals surface area contributed by atoms with Crippen LogP contribution in [0.1, 0.15) is 25.0 Å². The van der Waals surface area contributed by atoms with E-state index in [4.69, 9.17) is 9.97 Å². The summed E-state index contributed by atoms with van der Waals surface area (Å²) >= 11 is 0. The summed E-state index contributed by atoms with van der Waals surface area (Å²) in [6.07, 6.45) is 0. The molecule has 0 unspecified atom stereocenters. The van der Waals surface area contributed by atoms with Crippen LogP contribution in [0.2, 0.25) is 0 Å². The zero-order valence-corrected chi connectivity index (χ0v) is 26.4. The highest BCUT2D eigenvalue weighted by atomic mass is 14.9. The molecular weight excluding hydrogens is 569 g/mol. The minimum absolute atomic E-state index is 0.0278. The molecule has 222 valence electrons. The van der Waals surface area contributed by atoms with Gasteiger partial charge in [0.15, 0.2) is 5.82 Å². The Morgan fingerprint density at radius 1 is 0.383 bits per heavy atom. The number of rotatable bonds is 4. The molecule has 1 aliphatic rings. The first-order valence-corrected chi connectivity index (χ1v) is 16.2. The van der Waals surface area contributed by atoms with Gasteiger partial charge in [-0.25, -0.2) is 9.97 Å². The first-order chi connectivity index (χ1) is 23.0. The highest BCUT2D eigenvalue weighted by Crippen LogP contribution is 2.50. The molecule has 2 heteroatoms. The quantitative estimate of drug-likeness (QED) is 0.188. The van der Waals surface area contributed by atoms with Crippen LogP contribution in [0.15, 0.2) is 158 Å². The molecule has 1 heterocycles. The first-order valence-electron chi connectivity index (χ1n) is 16.2. The van der Waals surface area contributed by atoms with Gasteiger partial charge in [0.1, 0.15) is 0 Å². The maximum atomic E-state index is 5.16. The van der Waals surface area contributed by atoms with E-state index in [1.54, 1.807) is 0 Å². The summed E-state index contributed by atoms with van der Waals surface area (Å²) < 4.78 is 0. The molecule has 2 nitrogen and oxygen atoms in total. The SMILES string of the molecule is CC1(C)c2ccccc2-c2cc3c(ccc4ccc(-c5cc(-c6cccc(-c7ccccc7)c6)nc(-c6ccccc6)n5)cc43)cc21. The maximum absolute atomic E-state index is 5.16. The Bertz CT molecular complexity index is 2480. The van der Waals surface area contributed by atoms with Crippen LogP contribution in [-0.4, -0.2) is 9.97 Å². The number of hydrogen-bond donors (Lipinski definition) is 0.